The van der Waals surface area contributed by atoms with Gasteiger partial charge in [0.05, 0.1) is 12.8 Å². The van der Waals surface area contributed by atoms with Gasteiger partial charge in [0.15, 0.2) is 0 Å². The van der Waals surface area contributed by atoms with E-state index in [4.69, 9.17) is 10.5 Å². The minimum absolute atomic E-state index is 0.756. The number of benzene rings is 1. The molecule has 0 radical (unpaired) electrons. The summed E-state index contributed by atoms with van der Waals surface area (Å²) in [6, 6.07) is 1.97. The van der Waals surface area contributed by atoms with Crippen LogP contribution in [-0.2, 0) is 0 Å². The number of methoxy groups -OCH3 is 1. The Kier molecular flexibility index (Phi) is 2.62. The quantitative estimate of drug-likeness (QED) is 0.752. The Morgan fingerprint density at radius 3 is 2.50 bits per heavy atom. The van der Waals surface area contributed by atoms with E-state index in [1.165, 1.54) is 0 Å². The monoisotopic (exact) mass is 229 g/mol. The highest BCUT2D eigenvalue weighted by Gasteiger charge is 2.08. The lowest BCUT2D eigenvalue weighted by molar-refractivity contribution is 0.411. The van der Waals surface area contributed by atoms with E-state index in [-0.39, 0.29) is 0 Å². The maximum Gasteiger partial charge on any atom is 0.124 e. The van der Waals surface area contributed by atoms with Crippen LogP contribution in [0, 0.1) is 13.8 Å². The maximum atomic E-state index is 5.83. The Morgan fingerprint density at radius 1 is 1.42 bits per heavy atom. The van der Waals surface area contributed by atoms with E-state index >= 15 is 0 Å². The molecule has 0 aliphatic rings. The van der Waals surface area contributed by atoms with Crippen molar-refractivity contribution in [1.82, 2.24) is 0 Å². The van der Waals surface area contributed by atoms with E-state index in [1.807, 2.05) is 19.9 Å². The average Bonchev–Trinajstić information content (AvgIpc) is 2.08. The van der Waals surface area contributed by atoms with Crippen LogP contribution in [0.25, 0.3) is 0 Å². The number of aryl methyl sites for hydroxylation is 1. The van der Waals surface area contributed by atoms with Crippen LogP contribution in [0.4, 0.5) is 5.69 Å². The molecular formula is C9H12BrNO. The molecule has 2 N–H and O–H groups in total. The highest BCUT2D eigenvalue weighted by Crippen LogP contribution is 2.33. The second-order valence-electron chi connectivity index (χ2n) is 2.75. The van der Waals surface area contributed by atoms with E-state index in [1.54, 1.807) is 7.11 Å². The summed E-state index contributed by atoms with van der Waals surface area (Å²) in [5, 5.41) is 0. The molecule has 0 bridgehead atoms. The third-order valence-corrected chi connectivity index (χ3v) is 2.98. The molecule has 2 nitrogen and oxygen atoms in total. The van der Waals surface area contributed by atoms with E-state index in [9.17, 15) is 0 Å². The molecule has 12 heavy (non-hydrogen) atoms. The first kappa shape index (κ1) is 9.39. The number of halogens is 1. The predicted octanol–water partition coefficient (Wildman–Crippen LogP) is 2.66. The second-order valence-corrected chi connectivity index (χ2v) is 3.54. The summed E-state index contributed by atoms with van der Waals surface area (Å²) in [7, 11) is 1.65. The van der Waals surface area contributed by atoms with Gasteiger partial charge in [-0.3, -0.25) is 0 Å². The van der Waals surface area contributed by atoms with Crippen molar-refractivity contribution in [2.24, 2.45) is 0 Å². The van der Waals surface area contributed by atoms with Crippen molar-refractivity contribution < 1.29 is 4.74 Å². The number of anilines is 1. The van der Waals surface area contributed by atoms with E-state index in [0.29, 0.717) is 0 Å². The molecule has 0 unspecified atom stereocenters. The third kappa shape index (κ3) is 1.41. The topological polar surface area (TPSA) is 35.2 Å². The van der Waals surface area contributed by atoms with Gasteiger partial charge in [0, 0.05) is 10.0 Å². The maximum absolute atomic E-state index is 5.83. The van der Waals surface area contributed by atoms with E-state index < -0.39 is 0 Å². The van der Waals surface area contributed by atoms with Gasteiger partial charge < -0.3 is 10.5 Å². The lowest BCUT2D eigenvalue weighted by Gasteiger charge is -2.11. The fourth-order valence-corrected chi connectivity index (χ4v) is 1.50. The highest BCUT2D eigenvalue weighted by atomic mass is 79.9. The predicted molar refractivity (Wildman–Crippen MR) is 54.6 cm³/mol. The summed E-state index contributed by atoms with van der Waals surface area (Å²) in [4.78, 5) is 0. The van der Waals surface area contributed by atoms with Crippen molar-refractivity contribution in [3.8, 4) is 5.75 Å². The van der Waals surface area contributed by atoms with Gasteiger partial charge >= 0.3 is 0 Å². The number of nitrogen functional groups attached to an aromatic ring is 1. The molecule has 0 saturated carbocycles. The summed E-state index contributed by atoms with van der Waals surface area (Å²) in [5.74, 6) is 0.841. The van der Waals surface area contributed by atoms with Gasteiger partial charge in [-0.1, -0.05) is 0 Å². The molecule has 0 aliphatic heterocycles. The van der Waals surface area contributed by atoms with Crippen molar-refractivity contribution in [3.05, 3.63) is 21.7 Å². The number of ether oxygens (including phenoxy) is 1. The highest BCUT2D eigenvalue weighted by molar-refractivity contribution is 9.10. The van der Waals surface area contributed by atoms with Crippen LogP contribution in [-0.4, -0.2) is 7.11 Å². The van der Waals surface area contributed by atoms with Crippen molar-refractivity contribution in [1.29, 1.82) is 0 Å². The summed E-state index contributed by atoms with van der Waals surface area (Å²) >= 11 is 3.41. The van der Waals surface area contributed by atoms with Crippen LogP contribution < -0.4 is 10.5 Å². The fourth-order valence-electron chi connectivity index (χ4n) is 1.09. The lowest BCUT2D eigenvalue weighted by Crippen LogP contribution is -1.97. The van der Waals surface area contributed by atoms with Crippen LogP contribution in [0.2, 0.25) is 0 Å². The zero-order valence-corrected chi connectivity index (χ0v) is 9.03. The van der Waals surface area contributed by atoms with Crippen molar-refractivity contribution in [2.45, 2.75) is 13.8 Å². The van der Waals surface area contributed by atoms with Crippen LogP contribution in [0.3, 0.4) is 0 Å². The van der Waals surface area contributed by atoms with E-state index in [0.717, 1.165) is 27.0 Å². The second kappa shape index (κ2) is 3.35. The van der Waals surface area contributed by atoms with Crippen LogP contribution in [0.1, 0.15) is 11.1 Å². The van der Waals surface area contributed by atoms with Crippen LogP contribution in [0.15, 0.2) is 10.5 Å². The molecule has 1 rings (SSSR count). The molecule has 0 spiro atoms. The summed E-state index contributed by atoms with van der Waals surface area (Å²) in [5.41, 5.74) is 8.66. The van der Waals surface area contributed by atoms with Crippen molar-refractivity contribution >= 4 is 21.6 Å². The Bertz CT molecular complexity index is 310. The summed E-state index contributed by atoms with van der Waals surface area (Å²) < 4.78 is 6.12. The first-order chi connectivity index (χ1) is 5.57. The summed E-state index contributed by atoms with van der Waals surface area (Å²) in [6.45, 7) is 3.93. The molecular weight excluding hydrogens is 218 g/mol. The largest absolute Gasteiger partial charge is 0.496 e. The molecule has 1 aromatic rings. The molecule has 0 saturated heterocycles. The minimum Gasteiger partial charge on any atom is -0.496 e. The molecule has 0 amide bonds. The summed E-state index contributed by atoms with van der Waals surface area (Å²) in [6.07, 6.45) is 0. The fraction of sp³-hybridized carbons (Fsp3) is 0.333. The molecule has 66 valence electrons. The lowest BCUT2D eigenvalue weighted by atomic mass is 10.1. The zero-order valence-electron chi connectivity index (χ0n) is 7.44. The van der Waals surface area contributed by atoms with Gasteiger partial charge in [-0.05, 0) is 41.4 Å². The molecule has 0 fully saturated rings. The van der Waals surface area contributed by atoms with E-state index in [2.05, 4.69) is 15.9 Å². The third-order valence-electron chi connectivity index (χ3n) is 1.92. The van der Waals surface area contributed by atoms with Gasteiger partial charge in [0.25, 0.3) is 0 Å². The normalized spacial score (nSPS) is 10.0. The molecule has 0 heterocycles. The SMILES string of the molecule is COc1cc(C)c(Br)c(N)c1C. The Hall–Kier alpha value is -0.700. The first-order valence-corrected chi connectivity index (χ1v) is 4.46. The Morgan fingerprint density at radius 2 is 2.00 bits per heavy atom. The number of nitrogens with two attached hydrogens (primary N) is 1. The molecule has 1 aromatic carbocycles. The molecule has 0 aromatic heterocycles. The average molecular weight is 230 g/mol. The van der Waals surface area contributed by atoms with Gasteiger partial charge in [0.2, 0.25) is 0 Å². The molecule has 0 atom stereocenters. The van der Waals surface area contributed by atoms with Gasteiger partial charge in [-0.15, -0.1) is 0 Å². The first-order valence-electron chi connectivity index (χ1n) is 3.67. The van der Waals surface area contributed by atoms with Crippen LogP contribution in [0.5, 0.6) is 5.75 Å². The van der Waals surface area contributed by atoms with Gasteiger partial charge in [0.1, 0.15) is 5.75 Å². The minimum atomic E-state index is 0.756. The Balaban J connectivity index is 3.39. The Labute approximate surface area is 80.8 Å². The molecule has 0 aliphatic carbocycles. The van der Waals surface area contributed by atoms with Crippen LogP contribution >= 0.6 is 15.9 Å². The zero-order chi connectivity index (χ0) is 9.30. The van der Waals surface area contributed by atoms with Crippen molar-refractivity contribution in [2.75, 3.05) is 12.8 Å². The van der Waals surface area contributed by atoms with Gasteiger partial charge in [-0.2, -0.15) is 0 Å². The molecule has 3 heteroatoms. The number of hydrogen-bond acceptors (Lipinski definition) is 2. The van der Waals surface area contributed by atoms with Gasteiger partial charge in [-0.25, -0.2) is 0 Å². The smallest absolute Gasteiger partial charge is 0.124 e. The number of rotatable bonds is 1. The standard InChI is InChI=1S/C9H12BrNO/c1-5-4-7(12-3)6(2)9(11)8(5)10/h4H,11H2,1-3H3. The van der Waals surface area contributed by atoms with Crippen molar-refractivity contribution in [3.63, 3.8) is 0 Å². The number of hydrogen-bond donors (Lipinski definition) is 1.